The van der Waals surface area contributed by atoms with Crippen LogP contribution in [0.5, 0.6) is 5.88 Å². The summed E-state index contributed by atoms with van der Waals surface area (Å²) in [6.07, 6.45) is 7.29. The first-order valence-corrected chi connectivity index (χ1v) is 9.06. The molecule has 0 bridgehead atoms. The molecule has 5 nitrogen and oxygen atoms in total. The zero-order chi connectivity index (χ0) is 19.3. The number of nitrogens with zero attached hydrogens (tertiary/aromatic N) is 1. The van der Waals surface area contributed by atoms with Crippen molar-refractivity contribution in [2.75, 3.05) is 7.11 Å². The van der Waals surface area contributed by atoms with E-state index in [0.717, 1.165) is 19.3 Å². The van der Waals surface area contributed by atoms with Crippen molar-refractivity contribution in [2.45, 2.75) is 52.9 Å². The number of Topliss-reactive ketones (excluding diaryl/α,β-unsaturated/α-hetero) is 1. The minimum absolute atomic E-state index is 0.0737. The molecule has 5 heteroatoms. The summed E-state index contributed by atoms with van der Waals surface area (Å²) in [5.41, 5.74) is 1.54. The molecule has 0 atom stereocenters. The normalized spacial score (nSPS) is 11.8. The van der Waals surface area contributed by atoms with Crippen LogP contribution in [-0.4, -0.2) is 28.5 Å². The lowest BCUT2D eigenvalue weighted by Gasteiger charge is -2.07. The highest BCUT2D eigenvalue weighted by atomic mass is 16.5. The molecule has 0 saturated carbocycles. The molecule has 2 aromatic rings. The highest BCUT2D eigenvalue weighted by Crippen LogP contribution is 2.37. The van der Waals surface area contributed by atoms with Gasteiger partial charge in [0.15, 0.2) is 5.78 Å². The zero-order valence-corrected chi connectivity index (χ0v) is 16.0. The lowest BCUT2D eigenvalue weighted by molar-refractivity contribution is 0.0932. The number of rotatable bonds is 8. The number of carbonyl (C=O) groups excluding carboxylic acids is 2. The molecule has 1 aromatic heterocycles. The van der Waals surface area contributed by atoms with Crippen LogP contribution in [0.15, 0.2) is 24.3 Å². The maximum Gasteiger partial charge on any atom is 0.230 e. The van der Waals surface area contributed by atoms with E-state index in [0.29, 0.717) is 27.8 Å². The fourth-order valence-electron chi connectivity index (χ4n) is 3.15. The number of ketones is 1. The first-order valence-electron chi connectivity index (χ1n) is 9.06. The summed E-state index contributed by atoms with van der Waals surface area (Å²) in [4.78, 5) is 23.8. The van der Waals surface area contributed by atoms with Crippen molar-refractivity contribution in [1.82, 2.24) is 4.57 Å². The number of benzene rings is 1. The number of allylic oxidation sites excluding steroid dienone is 1. The van der Waals surface area contributed by atoms with Crippen molar-refractivity contribution in [3.05, 3.63) is 35.4 Å². The molecule has 0 saturated heterocycles. The Morgan fingerprint density at radius 3 is 2.50 bits per heavy atom. The lowest BCUT2D eigenvalue weighted by Crippen LogP contribution is -2.04. The number of aromatic nitrogens is 1. The van der Waals surface area contributed by atoms with E-state index >= 15 is 0 Å². The average Bonchev–Trinajstić information content (AvgIpc) is 2.89. The Hall–Kier alpha value is -2.56. The van der Waals surface area contributed by atoms with Gasteiger partial charge in [-0.25, -0.2) is 0 Å². The van der Waals surface area contributed by atoms with Gasteiger partial charge < -0.3 is 9.84 Å². The minimum atomic E-state index is -0.298. The summed E-state index contributed by atoms with van der Waals surface area (Å²) in [6.45, 7) is 5.05. The van der Waals surface area contributed by atoms with Crippen LogP contribution in [0.4, 0.5) is 0 Å². The van der Waals surface area contributed by atoms with Crippen LogP contribution in [0.3, 0.4) is 0 Å². The predicted molar refractivity (Wildman–Crippen MR) is 104 cm³/mol. The largest absolute Gasteiger partial charge is 0.496 e. The Bertz CT molecular complexity index is 845. The summed E-state index contributed by atoms with van der Waals surface area (Å²) in [5, 5.41) is 11.3. The molecule has 0 radical (unpaired) electrons. The fourth-order valence-corrected chi connectivity index (χ4v) is 3.15. The van der Waals surface area contributed by atoms with Crippen LogP contribution in [0.25, 0.3) is 16.7 Å². The van der Waals surface area contributed by atoms with Crippen molar-refractivity contribution in [3.63, 3.8) is 0 Å². The van der Waals surface area contributed by atoms with Gasteiger partial charge in [-0.1, -0.05) is 26.2 Å². The number of unbranched alkanes of at least 4 members (excludes halogenated alkanes) is 4. The van der Waals surface area contributed by atoms with Crippen molar-refractivity contribution in [2.24, 2.45) is 0 Å². The summed E-state index contributed by atoms with van der Waals surface area (Å²) in [7, 11) is 1.54. The van der Waals surface area contributed by atoms with Crippen molar-refractivity contribution < 1.29 is 19.4 Å². The molecule has 26 heavy (non-hydrogen) atoms. The molecule has 0 fully saturated rings. The topological polar surface area (TPSA) is 68.5 Å². The maximum absolute atomic E-state index is 12.0. The number of carbonyl (C=O) groups is 2. The number of ether oxygens (including phenoxy) is 1. The standard InChI is InChI=1S/C21H27NO4/c1-5-6-7-8-9-10-19(26-4)20-17-13-16(14(2)23)11-12-18(17)22(15(3)24)21(20)25/h10-13,25H,5-9H2,1-4H3. The lowest BCUT2D eigenvalue weighted by atomic mass is 10.0. The van der Waals surface area contributed by atoms with Gasteiger partial charge >= 0.3 is 0 Å². The molecule has 0 aliphatic rings. The molecule has 0 aliphatic heterocycles. The monoisotopic (exact) mass is 357 g/mol. The summed E-state index contributed by atoms with van der Waals surface area (Å²) in [5.74, 6) is -0.0114. The molecular weight excluding hydrogens is 330 g/mol. The molecule has 1 N–H and O–H groups in total. The molecule has 0 spiro atoms. The average molecular weight is 357 g/mol. The molecule has 0 aliphatic carbocycles. The highest BCUT2D eigenvalue weighted by Gasteiger charge is 2.23. The Morgan fingerprint density at radius 1 is 1.19 bits per heavy atom. The smallest absolute Gasteiger partial charge is 0.230 e. The molecule has 1 heterocycles. The van der Waals surface area contributed by atoms with E-state index in [2.05, 4.69) is 6.92 Å². The third-order valence-corrected chi connectivity index (χ3v) is 4.52. The second-order valence-corrected chi connectivity index (χ2v) is 6.46. The predicted octanol–water partition coefficient (Wildman–Crippen LogP) is 5.17. The quantitative estimate of drug-likeness (QED) is 0.402. The van der Waals surface area contributed by atoms with Gasteiger partial charge in [0.1, 0.15) is 5.76 Å². The van der Waals surface area contributed by atoms with Gasteiger partial charge in [0.25, 0.3) is 0 Å². The molecule has 0 unspecified atom stereocenters. The van der Waals surface area contributed by atoms with Gasteiger partial charge in [0, 0.05) is 17.9 Å². The first-order chi connectivity index (χ1) is 12.4. The fraction of sp³-hybridized carbons (Fsp3) is 0.429. The second-order valence-electron chi connectivity index (χ2n) is 6.46. The van der Waals surface area contributed by atoms with Gasteiger partial charge in [0.05, 0.1) is 18.2 Å². The van der Waals surface area contributed by atoms with E-state index in [1.165, 1.54) is 31.3 Å². The summed E-state index contributed by atoms with van der Waals surface area (Å²) >= 11 is 0. The molecule has 2 rings (SSSR count). The highest BCUT2D eigenvalue weighted by molar-refractivity contribution is 6.05. The molecule has 140 valence electrons. The van der Waals surface area contributed by atoms with Crippen molar-refractivity contribution >= 4 is 28.4 Å². The van der Waals surface area contributed by atoms with E-state index in [1.807, 2.05) is 6.08 Å². The van der Waals surface area contributed by atoms with E-state index in [1.54, 1.807) is 25.3 Å². The van der Waals surface area contributed by atoms with Gasteiger partial charge in [-0.3, -0.25) is 14.2 Å². The van der Waals surface area contributed by atoms with Crippen molar-refractivity contribution in [3.8, 4) is 5.88 Å². The molecule has 1 aromatic carbocycles. The van der Waals surface area contributed by atoms with Crippen LogP contribution in [0.2, 0.25) is 0 Å². The van der Waals surface area contributed by atoms with Crippen LogP contribution in [0.1, 0.15) is 73.6 Å². The molecular formula is C21H27NO4. The number of hydrogen-bond donors (Lipinski definition) is 1. The van der Waals surface area contributed by atoms with Crippen LogP contribution in [-0.2, 0) is 4.74 Å². The van der Waals surface area contributed by atoms with Gasteiger partial charge in [-0.2, -0.15) is 0 Å². The van der Waals surface area contributed by atoms with E-state index in [4.69, 9.17) is 4.74 Å². The van der Waals surface area contributed by atoms with E-state index < -0.39 is 0 Å². The van der Waals surface area contributed by atoms with Gasteiger partial charge in [-0.05, 0) is 44.0 Å². The second kappa shape index (κ2) is 8.70. The summed E-state index contributed by atoms with van der Waals surface area (Å²) < 4.78 is 6.77. The Kier molecular flexibility index (Phi) is 6.61. The number of hydrogen-bond acceptors (Lipinski definition) is 4. The van der Waals surface area contributed by atoms with Gasteiger partial charge in [0.2, 0.25) is 11.8 Å². The Balaban J connectivity index is 2.57. The Labute approximate surface area is 154 Å². The SMILES string of the molecule is CCCCCCC=C(OC)c1c(O)n(C(C)=O)c2ccc(C(C)=O)cc12. The van der Waals surface area contributed by atoms with E-state index in [9.17, 15) is 14.7 Å². The zero-order valence-electron chi connectivity index (χ0n) is 16.0. The third kappa shape index (κ3) is 3.98. The van der Waals surface area contributed by atoms with Crippen LogP contribution < -0.4 is 0 Å². The van der Waals surface area contributed by atoms with Crippen molar-refractivity contribution in [1.29, 1.82) is 0 Å². The number of fused-ring (bicyclic) bond motifs is 1. The first kappa shape index (κ1) is 19.8. The Morgan fingerprint density at radius 2 is 1.92 bits per heavy atom. The van der Waals surface area contributed by atoms with E-state index in [-0.39, 0.29) is 17.6 Å². The molecule has 0 amide bonds. The van der Waals surface area contributed by atoms with Gasteiger partial charge in [-0.15, -0.1) is 0 Å². The number of methoxy groups -OCH3 is 1. The van der Waals surface area contributed by atoms with Crippen LogP contribution in [0, 0.1) is 0 Å². The van der Waals surface area contributed by atoms with Crippen LogP contribution >= 0.6 is 0 Å². The number of aromatic hydroxyl groups is 1. The maximum atomic E-state index is 12.0. The summed E-state index contributed by atoms with van der Waals surface area (Å²) in [6, 6.07) is 5.05. The third-order valence-electron chi connectivity index (χ3n) is 4.52. The minimum Gasteiger partial charge on any atom is -0.496 e.